The minimum atomic E-state index is -1.10. The number of nitrogens with one attached hydrogen (secondary N) is 2. The zero-order valence-electron chi connectivity index (χ0n) is 20.0. The maximum absolute atomic E-state index is 14.8. The summed E-state index contributed by atoms with van der Waals surface area (Å²) >= 11 is 0. The van der Waals surface area contributed by atoms with Crippen LogP contribution in [0.15, 0.2) is 35.6 Å². The molecule has 184 valence electrons. The van der Waals surface area contributed by atoms with E-state index in [1.54, 1.807) is 30.1 Å². The maximum Gasteiger partial charge on any atom is 0.191 e. The van der Waals surface area contributed by atoms with Crippen molar-refractivity contribution >= 4 is 35.6 Å². The van der Waals surface area contributed by atoms with Gasteiger partial charge in [0.2, 0.25) is 0 Å². The molecule has 1 atom stereocenters. The highest BCUT2D eigenvalue weighted by Gasteiger charge is 2.25. The fraction of sp³-hybridized carbons (Fsp3) is 0.565. The molecule has 0 amide bonds. The average molecular weight is 573 g/mol. The molecule has 1 aliphatic rings. The number of hydrogen-bond acceptors (Lipinski definition) is 5. The van der Waals surface area contributed by atoms with Gasteiger partial charge in [0.1, 0.15) is 11.4 Å². The number of aliphatic imine (C=N–C) groups is 1. The van der Waals surface area contributed by atoms with Crippen LogP contribution in [0, 0.1) is 5.82 Å². The summed E-state index contributed by atoms with van der Waals surface area (Å²) in [5, 5.41) is 21.2. The lowest BCUT2D eigenvalue weighted by molar-refractivity contribution is 0.0616. The monoisotopic (exact) mass is 573 g/mol. The number of anilines is 1. The summed E-state index contributed by atoms with van der Waals surface area (Å²) in [5.41, 5.74) is 1.08. The molecule has 3 rings (SSSR count). The minimum Gasteiger partial charge on any atom is -0.383 e. The normalized spacial score (nSPS) is 16.8. The van der Waals surface area contributed by atoms with Crippen LogP contribution in [0.2, 0.25) is 0 Å². The van der Waals surface area contributed by atoms with E-state index >= 15 is 0 Å². The third-order valence-corrected chi connectivity index (χ3v) is 5.86. The highest BCUT2D eigenvalue weighted by atomic mass is 127. The van der Waals surface area contributed by atoms with Gasteiger partial charge in [-0.1, -0.05) is 13.0 Å². The van der Waals surface area contributed by atoms with E-state index in [0.29, 0.717) is 24.7 Å². The van der Waals surface area contributed by atoms with Gasteiger partial charge in [0.15, 0.2) is 5.96 Å². The van der Waals surface area contributed by atoms with Crippen LogP contribution in [0.1, 0.15) is 31.9 Å². The van der Waals surface area contributed by atoms with Crippen LogP contribution in [0.4, 0.5) is 10.1 Å². The molecule has 0 spiro atoms. The summed E-state index contributed by atoms with van der Waals surface area (Å²) in [7, 11) is 1.81. The van der Waals surface area contributed by atoms with Crippen molar-refractivity contribution in [2.75, 3.05) is 50.7 Å². The molecule has 1 saturated heterocycles. The molecule has 1 aromatic carbocycles. The van der Waals surface area contributed by atoms with Crippen molar-refractivity contribution in [3.8, 4) is 0 Å². The van der Waals surface area contributed by atoms with E-state index in [0.717, 1.165) is 43.9 Å². The van der Waals surface area contributed by atoms with Gasteiger partial charge in [0, 0.05) is 51.5 Å². The quantitative estimate of drug-likeness (QED) is 0.256. The van der Waals surface area contributed by atoms with Crippen LogP contribution in [0.3, 0.4) is 0 Å². The lowest BCUT2D eigenvalue weighted by Crippen LogP contribution is -2.46. The predicted molar refractivity (Wildman–Crippen MR) is 142 cm³/mol. The Kier molecular flexibility index (Phi) is 10.4. The van der Waals surface area contributed by atoms with Crippen molar-refractivity contribution in [2.24, 2.45) is 12.0 Å². The molecular formula is C23H37FIN7O. The van der Waals surface area contributed by atoms with Crippen molar-refractivity contribution in [3.63, 3.8) is 0 Å². The van der Waals surface area contributed by atoms with E-state index in [2.05, 4.69) is 37.4 Å². The van der Waals surface area contributed by atoms with Gasteiger partial charge >= 0.3 is 0 Å². The van der Waals surface area contributed by atoms with Crippen molar-refractivity contribution in [3.05, 3.63) is 47.5 Å². The average Bonchev–Trinajstić information content (AvgIpc) is 3.23. The number of aromatic nitrogens is 2. The lowest BCUT2D eigenvalue weighted by atomic mass is 10.00. The molecule has 33 heavy (non-hydrogen) atoms. The second-order valence-electron chi connectivity index (χ2n) is 8.43. The number of halogens is 2. The topological polar surface area (TPSA) is 81.0 Å². The van der Waals surface area contributed by atoms with Crippen molar-refractivity contribution < 1.29 is 9.50 Å². The molecule has 1 aromatic heterocycles. The van der Waals surface area contributed by atoms with Gasteiger partial charge < -0.3 is 25.5 Å². The van der Waals surface area contributed by atoms with Crippen LogP contribution >= 0.6 is 24.0 Å². The lowest BCUT2D eigenvalue weighted by Gasteiger charge is -2.35. The molecule has 0 aliphatic carbocycles. The third kappa shape index (κ3) is 7.54. The first-order valence-corrected chi connectivity index (χ1v) is 11.3. The summed E-state index contributed by atoms with van der Waals surface area (Å²) in [4.78, 5) is 9.05. The SMILES string of the molecule is CCNC(=NCc1ccc(N2CCN(CC)CC2)c(F)c1)NCC(C)(O)c1cnn(C)c1.I. The van der Waals surface area contributed by atoms with E-state index in [-0.39, 0.29) is 36.3 Å². The van der Waals surface area contributed by atoms with Crippen LogP contribution in [0.5, 0.6) is 0 Å². The molecule has 1 fully saturated rings. The number of benzene rings is 1. The zero-order chi connectivity index (χ0) is 23.1. The maximum atomic E-state index is 14.8. The Bertz CT molecular complexity index is 910. The van der Waals surface area contributed by atoms with Crippen molar-refractivity contribution in [2.45, 2.75) is 32.9 Å². The van der Waals surface area contributed by atoms with Gasteiger partial charge in [-0.2, -0.15) is 5.10 Å². The van der Waals surface area contributed by atoms with Crippen molar-refractivity contribution in [1.82, 2.24) is 25.3 Å². The predicted octanol–water partition coefficient (Wildman–Crippen LogP) is 2.28. The van der Waals surface area contributed by atoms with Crippen LogP contribution in [0.25, 0.3) is 0 Å². The zero-order valence-corrected chi connectivity index (χ0v) is 22.3. The van der Waals surface area contributed by atoms with E-state index < -0.39 is 5.60 Å². The first kappa shape index (κ1) is 27.3. The Morgan fingerprint density at radius 1 is 1.21 bits per heavy atom. The Labute approximate surface area is 213 Å². The standard InChI is InChI=1S/C23H36FN7O.HI/c1-5-25-22(27-17-23(3,32)19-15-28-29(4)16-19)26-14-18-7-8-21(20(24)13-18)31-11-9-30(6-2)10-12-31;/h7-8,13,15-16,32H,5-6,9-12,14,17H2,1-4H3,(H2,25,26,27);1H. The highest BCUT2D eigenvalue weighted by Crippen LogP contribution is 2.22. The summed E-state index contributed by atoms with van der Waals surface area (Å²) in [6, 6.07) is 5.36. The van der Waals surface area contributed by atoms with Gasteiger partial charge in [-0.25, -0.2) is 9.38 Å². The van der Waals surface area contributed by atoms with E-state index in [1.165, 1.54) is 0 Å². The van der Waals surface area contributed by atoms with Gasteiger partial charge in [0.05, 0.1) is 25.0 Å². The Hall–Kier alpha value is -1.92. The molecule has 0 bridgehead atoms. The fourth-order valence-electron chi connectivity index (χ4n) is 3.78. The largest absolute Gasteiger partial charge is 0.383 e. The summed E-state index contributed by atoms with van der Waals surface area (Å²) in [5.74, 6) is 0.358. The number of guanidine groups is 1. The Morgan fingerprint density at radius 3 is 2.52 bits per heavy atom. The number of aryl methyl sites for hydroxylation is 1. The van der Waals surface area contributed by atoms with E-state index in [9.17, 15) is 9.50 Å². The molecule has 0 radical (unpaired) electrons. The molecule has 10 heteroatoms. The highest BCUT2D eigenvalue weighted by molar-refractivity contribution is 14.0. The number of rotatable bonds is 8. The summed E-state index contributed by atoms with van der Waals surface area (Å²) < 4.78 is 16.5. The number of likely N-dealkylation sites (N-methyl/N-ethyl adjacent to an activating group) is 1. The number of nitrogens with zero attached hydrogens (tertiary/aromatic N) is 5. The number of piperazine rings is 1. The van der Waals surface area contributed by atoms with Crippen molar-refractivity contribution in [1.29, 1.82) is 0 Å². The first-order valence-electron chi connectivity index (χ1n) is 11.3. The van der Waals surface area contributed by atoms with Gasteiger partial charge in [0.25, 0.3) is 0 Å². The fourth-order valence-corrected chi connectivity index (χ4v) is 3.78. The summed E-state index contributed by atoms with van der Waals surface area (Å²) in [6.45, 7) is 11.8. The second kappa shape index (κ2) is 12.5. The number of hydrogen-bond donors (Lipinski definition) is 3. The van der Waals surface area contributed by atoms with E-state index in [1.807, 2.05) is 26.1 Å². The molecule has 1 aliphatic heterocycles. The van der Waals surface area contributed by atoms with Gasteiger partial charge in [-0.05, 0) is 38.1 Å². The Morgan fingerprint density at radius 2 is 1.94 bits per heavy atom. The summed E-state index contributed by atoms with van der Waals surface area (Å²) in [6.07, 6.45) is 3.44. The molecule has 2 heterocycles. The number of aliphatic hydroxyl groups is 1. The third-order valence-electron chi connectivity index (χ3n) is 5.86. The Balaban J connectivity index is 0.00000385. The van der Waals surface area contributed by atoms with Crippen LogP contribution < -0.4 is 15.5 Å². The molecule has 1 unspecified atom stereocenters. The second-order valence-corrected chi connectivity index (χ2v) is 8.43. The van der Waals surface area contributed by atoms with Crippen LogP contribution in [-0.2, 0) is 19.2 Å². The minimum absolute atomic E-state index is 0. The first-order chi connectivity index (χ1) is 15.3. The molecule has 2 aromatic rings. The molecular weight excluding hydrogens is 536 g/mol. The van der Waals surface area contributed by atoms with Gasteiger partial charge in [-0.15, -0.1) is 24.0 Å². The van der Waals surface area contributed by atoms with Crippen LogP contribution in [-0.4, -0.2) is 71.6 Å². The molecule has 8 nitrogen and oxygen atoms in total. The van der Waals surface area contributed by atoms with Gasteiger partial charge in [-0.3, -0.25) is 4.68 Å². The molecule has 3 N–H and O–H groups in total. The van der Waals surface area contributed by atoms with E-state index in [4.69, 9.17) is 0 Å². The smallest absolute Gasteiger partial charge is 0.191 e. The molecule has 0 saturated carbocycles.